The van der Waals surface area contributed by atoms with Crippen molar-refractivity contribution in [1.29, 1.82) is 0 Å². The summed E-state index contributed by atoms with van der Waals surface area (Å²) < 4.78 is 5.92. The van der Waals surface area contributed by atoms with Crippen molar-refractivity contribution in [3.63, 3.8) is 0 Å². The Bertz CT molecular complexity index is 575. The molecule has 0 heterocycles. The highest BCUT2D eigenvalue weighted by molar-refractivity contribution is 6.17. The van der Waals surface area contributed by atoms with Crippen molar-refractivity contribution in [3.8, 4) is 5.75 Å². The summed E-state index contributed by atoms with van der Waals surface area (Å²) >= 11 is 5.96. The third kappa shape index (κ3) is 3.51. The fraction of sp³-hybridized carbons (Fsp3) is 0.294. The topological polar surface area (TPSA) is 9.23 Å². The van der Waals surface area contributed by atoms with Gasteiger partial charge in [-0.05, 0) is 38.0 Å². The Morgan fingerprint density at radius 2 is 1.53 bits per heavy atom. The Labute approximate surface area is 120 Å². The van der Waals surface area contributed by atoms with Gasteiger partial charge in [0.25, 0.3) is 0 Å². The van der Waals surface area contributed by atoms with Crippen LogP contribution in [0.4, 0.5) is 0 Å². The van der Waals surface area contributed by atoms with Gasteiger partial charge >= 0.3 is 0 Å². The summed E-state index contributed by atoms with van der Waals surface area (Å²) in [5, 5.41) is 0. The van der Waals surface area contributed by atoms with Crippen molar-refractivity contribution in [2.45, 2.75) is 33.3 Å². The Morgan fingerprint density at radius 3 is 2.21 bits per heavy atom. The number of aryl methyl sites for hydroxylation is 3. The maximum Gasteiger partial charge on any atom is 0.124 e. The molecule has 0 saturated carbocycles. The predicted molar refractivity (Wildman–Crippen MR) is 81.0 cm³/mol. The summed E-state index contributed by atoms with van der Waals surface area (Å²) in [6.07, 6.45) is 0. The van der Waals surface area contributed by atoms with E-state index in [4.69, 9.17) is 16.3 Å². The minimum atomic E-state index is 0.476. The summed E-state index contributed by atoms with van der Waals surface area (Å²) in [6.45, 7) is 6.85. The molecule has 0 aliphatic carbocycles. The van der Waals surface area contributed by atoms with Crippen molar-refractivity contribution in [2.75, 3.05) is 0 Å². The number of rotatable bonds is 4. The molecule has 0 spiro atoms. The zero-order valence-corrected chi connectivity index (χ0v) is 12.4. The average Bonchev–Trinajstić information content (AvgIpc) is 2.40. The van der Waals surface area contributed by atoms with E-state index >= 15 is 0 Å². The zero-order valence-electron chi connectivity index (χ0n) is 11.7. The van der Waals surface area contributed by atoms with Crippen molar-refractivity contribution < 1.29 is 4.74 Å². The number of ether oxygens (including phenoxy) is 1. The van der Waals surface area contributed by atoms with E-state index in [1.165, 1.54) is 22.3 Å². The Morgan fingerprint density at radius 1 is 0.895 bits per heavy atom. The molecule has 2 aromatic carbocycles. The lowest BCUT2D eigenvalue weighted by molar-refractivity contribution is 0.303. The minimum Gasteiger partial charge on any atom is -0.489 e. The molecule has 2 aromatic rings. The number of hydrogen-bond acceptors (Lipinski definition) is 1. The first kappa shape index (κ1) is 14.0. The maximum atomic E-state index is 5.96. The maximum absolute atomic E-state index is 5.96. The highest BCUT2D eigenvalue weighted by atomic mass is 35.5. The predicted octanol–water partition coefficient (Wildman–Crippen LogP) is 4.93. The molecule has 0 radical (unpaired) electrons. The molecule has 0 N–H and O–H groups in total. The van der Waals surface area contributed by atoms with Gasteiger partial charge < -0.3 is 4.74 Å². The summed E-state index contributed by atoms with van der Waals surface area (Å²) in [5.74, 6) is 1.35. The molecule has 19 heavy (non-hydrogen) atoms. The van der Waals surface area contributed by atoms with Gasteiger partial charge in [0, 0.05) is 5.56 Å². The monoisotopic (exact) mass is 274 g/mol. The van der Waals surface area contributed by atoms with Crippen molar-refractivity contribution >= 4 is 11.6 Å². The number of hydrogen-bond donors (Lipinski definition) is 0. The highest BCUT2D eigenvalue weighted by Gasteiger charge is 2.05. The largest absolute Gasteiger partial charge is 0.489 e. The molecule has 0 aromatic heterocycles. The molecule has 0 aliphatic heterocycles. The first-order chi connectivity index (χ1) is 9.10. The molecular formula is C17H19ClO. The van der Waals surface area contributed by atoms with Crippen molar-refractivity contribution in [3.05, 3.63) is 64.2 Å². The molecule has 0 atom stereocenters. The van der Waals surface area contributed by atoms with Crippen LogP contribution < -0.4 is 4.74 Å². The smallest absolute Gasteiger partial charge is 0.124 e. The van der Waals surface area contributed by atoms with Gasteiger partial charge in [-0.15, -0.1) is 11.6 Å². The third-order valence-corrected chi connectivity index (χ3v) is 3.54. The van der Waals surface area contributed by atoms with Crippen LogP contribution in [0.2, 0.25) is 0 Å². The van der Waals surface area contributed by atoms with Gasteiger partial charge in [-0.25, -0.2) is 0 Å². The second-order valence-electron chi connectivity index (χ2n) is 4.96. The first-order valence-electron chi connectivity index (χ1n) is 6.44. The number of alkyl halides is 1. The summed E-state index contributed by atoms with van der Waals surface area (Å²) in [6, 6.07) is 12.5. The van der Waals surface area contributed by atoms with Gasteiger partial charge in [0.1, 0.15) is 12.4 Å². The van der Waals surface area contributed by atoms with Crippen LogP contribution in [0.5, 0.6) is 5.75 Å². The molecule has 0 bridgehead atoms. The van der Waals surface area contributed by atoms with Gasteiger partial charge in [0.15, 0.2) is 0 Å². The van der Waals surface area contributed by atoms with Crippen LogP contribution >= 0.6 is 11.6 Å². The molecular weight excluding hydrogens is 256 g/mol. The lowest BCUT2D eigenvalue weighted by Crippen LogP contribution is -2.00. The second-order valence-corrected chi connectivity index (χ2v) is 5.23. The first-order valence-corrected chi connectivity index (χ1v) is 6.98. The molecule has 100 valence electrons. The SMILES string of the molecule is Cc1ccc(C)c(COc2ccc(C)cc2CCl)c1. The normalized spacial score (nSPS) is 10.5. The van der Waals surface area contributed by atoms with Gasteiger partial charge in [0.05, 0.1) is 5.88 Å². The minimum absolute atomic E-state index is 0.476. The molecule has 0 aliphatic rings. The van der Waals surface area contributed by atoms with Gasteiger partial charge in [-0.2, -0.15) is 0 Å². The van der Waals surface area contributed by atoms with E-state index in [0.717, 1.165) is 11.3 Å². The standard InChI is InChI=1S/C17H19ClO/c1-12-4-6-14(3)16(9-12)11-19-17-7-5-13(2)8-15(17)10-18/h4-9H,10-11H2,1-3H3. The molecule has 1 nitrogen and oxygen atoms in total. The van der Waals surface area contributed by atoms with E-state index in [2.05, 4.69) is 51.1 Å². The van der Waals surface area contributed by atoms with Crippen LogP contribution in [0, 0.1) is 20.8 Å². The molecule has 2 rings (SSSR count). The molecule has 0 saturated heterocycles. The Hall–Kier alpha value is -1.47. The summed E-state index contributed by atoms with van der Waals surface area (Å²) in [4.78, 5) is 0. The van der Waals surface area contributed by atoms with Crippen LogP contribution in [0.25, 0.3) is 0 Å². The van der Waals surface area contributed by atoms with Gasteiger partial charge in [-0.1, -0.05) is 41.5 Å². The van der Waals surface area contributed by atoms with E-state index in [1.807, 2.05) is 6.07 Å². The van der Waals surface area contributed by atoms with Gasteiger partial charge in [-0.3, -0.25) is 0 Å². The van der Waals surface area contributed by atoms with E-state index in [1.54, 1.807) is 0 Å². The van der Waals surface area contributed by atoms with Crippen LogP contribution in [0.1, 0.15) is 27.8 Å². The van der Waals surface area contributed by atoms with E-state index in [9.17, 15) is 0 Å². The van der Waals surface area contributed by atoms with Crippen molar-refractivity contribution in [1.82, 2.24) is 0 Å². The molecule has 0 amide bonds. The van der Waals surface area contributed by atoms with E-state index in [-0.39, 0.29) is 0 Å². The number of benzene rings is 2. The quantitative estimate of drug-likeness (QED) is 0.719. The average molecular weight is 275 g/mol. The lowest BCUT2D eigenvalue weighted by Gasteiger charge is -2.12. The van der Waals surface area contributed by atoms with Crippen LogP contribution in [0.15, 0.2) is 36.4 Å². The van der Waals surface area contributed by atoms with E-state index < -0.39 is 0 Å². The molecule has 0 fully saturated rings. The van der Waals surface area contributed by atoms with Crippen LogP contribution in [-0.4, -0.2) is 0 Å². The third-order valence-electron chi connectivity index (χ3n) is 3.25. The summed E-state index contributed by atoms with van der Waals surface area (Å²) in [7, 11) is 0. The van der Waals surface area contributed by atoms with Gasteiger partial charge in [0.2, 0.25) is 0 Å². The fourth-order valence-electron chi connectivity index (χ4n) is 2.06. The Balaban J connectivity index is 2.16. The number of halogens is 1. The van der Waals surface area contributed by atoms with Crippen LogP contribution in [-0.2, 0) is 12.5 Å². The molecule has 2 heteroatoms. The van der Waals surface area contributed by atoms with Crippen LogP contribution in [0.3, 0.4) is 0 Å². The lowest BCUT2D eigenvalue weighted by atomic mass is 10.1. The zero-order chi connectivity index (χ0) is 13.8. The molecule has 0 unspecified atom stereocenters. The van der Waals surface area contributed by atoms with Crippen molar-refractivity contribution in [2.24, 2.45) is 0 Å². The van der Waals surface area contributed by atoms with E-state index in [0.29, 0.717) is 12.5 Å². The fourth-order valence-corrected chi connectivity index (χ4v) is 2.27. The summed E-state index contributed by atoms with van der Waals surface area (Å²) in [5.41, 5.74) is 5.98. The second kappa shape index (κ2) is 6.12. The Kier molecular flexibility index (Phi) is 4.49. The highest BCUT2D eigenvalue weighted by Crippen LogP contribution is 2.23.